The largest absolute Gasteiger partial charge is 0.368 e. The number of carbonyl (C=O) groups excluding carboxylic acids is 1. The first-order chi connectivity index (χ1) is 7.83. The van der Waals surface area contributed by atoms with Crippen molar-refractivity contribution in [3.8, 4) is 0 Å². The summed E-state index contributed by atoms with van der Waals surface area (Å²) >= 11 is 0. The van der Waals surface area contributed by atoms with Crippen LogP contribution in [0, 0.1) is 5.92 Å². The summed E-state index contributed by atoms with van der Waals surface area (Å²) in [4.78, 5) is 13.5. The Balaban J connectivity index is 3.96. The van der Waals surface area contributed by atoms with Gasteiger partial charge in [-0.1, -0.05) is 27.2 Å². The molecular weight excluding hydrogens is 214 g/mol. The van der Waals surface area contributed by atoms with Gasteiger partial charge in [0.15, 0.2) is 0 Å². The Morgan fingerprint density at radius 3 is 2.41 bits per heavy atom. The van der Waals surface area contributed by atoms with Crippen molar-refractivity contribution in [2.45, 2.75) is 52.5 Å². The van der Waals surface area contributed by atoms with E-state index in [9.17, 15) is 4.79 Å². The van der Waals surface area contributed by atoms with Crippen molar-refractivity contribution in [2.24, 2.45) is 17.4 Å². The summed E-state index contributed by atoms with van der Waals surface area (Å²) in [6, 6.07) is 0. The average Bonchev–Trinajstić information content (AvgIpc) is 2.26. The lowest BCUT2D eigenvalue weighted by atomic mass is 9.96. The van der Waals surface area contributed by atoms with Gasteiger partial charge in [0.2, 0.25) is 5.91 Å². The third kappa shape index (κ3) is 6.64. The smallest absolute Gasteiger partial charge is 0.237 e. The van der Waals surface area contributed by atoms with Crippen LogP contribution in [0.3, 0.4) is 0 Å². The van der Waals surface area contributed by atoms with Crippen molar-refractivity contribution in [3.05, 3.63) is 0 Å². The number of carbonyl (C=O) groups is 1. The lowest BCUT2D eigenvalue weighted by Gasteiger charge is -2.26. The van der Waals surface area contributed by atoms with Gasteiger partial charge in [-0.05, 0) is 38.8 Å². The number of hydrogen-bond donors (Lipinski definition) is 2. The zero-order valence-corrected chi connectivity index (χ0v) is 11.8. The second-order valence-electron chi connectivity index (χ2n) is 5.29. The minimum absolute atomic E-state index is 0.414. The predicted molar refractivity (Wildman–Crippen MR) is 72.6 cm³/mol. The van der Waals surface area contributed by atoms with E-state index in [0.717, 1.165) is 32.0 Å². The van der Waals surface area contributed by atoms with Crippen molar-refractivity contribution in [3.63, 3.8) is 0 Å². The molecule has 1 amide bonds. The summed E-state index contributed by atoms with van der Waals surface area (Å²) in [6.45, 7) is 11.5. The van der Waals surface area contributed by atoms with Gasteiger partial charge in [0, 0.05) is 6.54 Å². The summed E-state index contributed by atoms with van der Waals surface area (Å²) in [6.07, 6.45) is 2.77. The molecule has 0 bridgehead atoms. The molecule has 4 N–H and O–H groups in total. The van der Waals surface area contributed by atoms with E-state index < -0.39 is 11.4 Å². The van der Waals surface area contributed by atoms with Gasteiger partial charge in [-0.25, -0.2) is 0 Å². The zero-order chi connectivity index (χ0) is 13.5. The molecular formula is C13H29N3O. The van der Waals surface area contributed by atoms with Crippen LogP contribution in [0.2, 0.25) is 0 Å². The van der Waals surface area contributed by atoms with E-state index >= 15 is 0 Å². The normalized spacial score (nSPS) is 16.8. The highest BCUT2D eigenvalue weighted by Crippen LogP contribution is 2.10. The minimum atomic E-state index is -0.865. The minimum Gasteiger partial charge on any atom is -0.368 e. The van der Waals surface area contributed by atoms with Crippen LogP contribution in [-0.2, 0) is 4.79 Å². The van der Waals surface area contributed by atoms with E-state index in [1.165, 1.54) is 6.42 Å². The van der Waals surface area contributed by atoms with Crippen LogP contribution in [0.1, 0.15) is 47.0 Å². The Morgan fingerprint density at radius 2 is 2.00 bits per heavy atom. The Bertz CT molecular complexity index is 229. The number of primary amides is 1. The van der Waals surface area contributed by atoms with Crippen molar-refractivity contribution in [2.75, 3.05) is 19.6 Å². The average molecular weight is 243 g/mol. The van der Waals surface area contributed by atoms with E-state index in [0.29, 0.717) is 6.42 Å². The molecule has 2 unspecified atom stereocenters. The van der Waals surface area contributed by atoms with Crippen LogP contribution in [0.15, 0.2) is 0 Å². The molecule has 0 aliphatic heterocycles. The van der Waals surface area contributed by atoms with Crippen molar-refractivity contribution in [1.29, 1.82) is 0 Å². The number of nitrogens with zero attached hydrogens (tertiary/aromatic N) is 1. The molecule has 4 nitrogen and oxygen atoms in total. The second kappa shape index (κ2) is 7.67. The Hall–Kier alpha value is -0.610. The molecule has 2 atom stereocenters. The summed E-state index contributed by atoms with van der Waals surface area (Å²) in [5.41, 5.74) is 10.2. The molecule has 0 saturated carbocycles. The summed E-state index contributed by atoms with van der Waals surface area (Å²) in [5.74, 6) is 0.304. The molecule has 0 heterocycles. The molecule has 0 aromatic heterocycles. The third-order valence-electron chi connectivity index (χ3n) is 3.45. The molecule has 0 rings (SSSR count). The first kappa shape index (κ1) is 16.4. The quantitative estimate of drug-likeness (QED) is 0.642. The van der Waals surface area contributed by atoms with E-state index in [1.54, 1.807) is 6.92 Å². The van der Waals surface area contributed by atoms with Gasteiger partial charge in [-0.3, -0.25) is 4.79 Å². The van der Waals surface area contributed by atoms with E-state index in [1.807, 2.05) is 0 Å². The van der Waals surface area contributed by atoms with Crippen LogP contribution >= 0.6 is 0 Å². The second-order valence-corrected chi connectivity index (χ2v) is 5.29. The summed E-state index contributed by atoms with van der Waals surface area (Å²) < 4.78 is 0. The molecule has 0 aromatic carbocycles. The van der Waals surface area contributed by atoms with E-state index in [2.05, 4.69) is 25.7 Å². The highest BCUT2D eigenvalue weighted by molar-refractivity contribution is 5.83. The monoisotopic (exact) mass is 243 g/mol. The topological polar surface area (TPSA) is 72.3 Å². The van der Waals surface area contributed by atoms with Gasteiger partial charge >= 0.3 is 0 Å². The molecule has 4 heteroatoms. The van der Waals surface area contributed by atoms with Gasteiger partial charge < -0.3 is 16.4 Å². The molecule has 0 radical (unpaired) electrons. The molecule has 0 spiro atoms. The maximum Gasteiger partial charge on any atom is 0.237 e. The lowest BCUT2D eigenvalue weighted by Crippen LogP contribution is -2.49. The fraction of sp³-hybridized carbons (Fsp3) is 0.923. The van der Waals surface area contributed by atoms with Crippen molar-refractivity contribution < 1.29 is 4.79 Å². The first-order valence-electron chi connectivity index (χ1n) is 6.64. The zero-order valence-electron chi connectivity index (χ0n) is 11.8. The fourth-order valence-electron chi connectivity index (χ4n) is 1.74. The van der Waals surface area contributed by atoms with Gasteiger partial charge in [0.1, 0.15) is 0 Å². The highest BCUT2D eigenvalue weighted by Gasteiger charge is 2.24. The molecule has 17 heavy (non-hydrogen) atoms. The van der Waals surface area contributed by atoms with Gasteiger partial charge in [-0.15, -0.1) is 0 Å². The van der Waals surface area contributed by atoms with Crippen LogP contribution < -0.4 is 11.5 Å². The maximum absolute atomic E-state index is 11.1. The molecule has 102 valence electrons. The van der Waals surface area contributed by atoms with Crippen molar-refractivity contribution >= 4 is 5.91 Å². The maximum atomic E-state index is 11.1. The highest BCUT2D eigenvalue weighted by atomic mass is 16.1. The Kier molecular flexibility index (Phi) is 7.39. The molecule has 0 aliphatic carbocycles. The first-order valence-corrected chi connectivity index (χ1v) is 6.64. The predicted octanol–water partition coefficient (Wildman–Crippen LogP) is 1.34. The Labute approximate surface area is 106 Å². The van der Waals surface area contributed by atoms with Crippen LogP contribution in [0.4, 0.5) is 0 Å². The van der Waals surface area contributed by atoms with Crippen LogP contribution in [0.25, 0.3) is 0 Å². The van der Waals surface area contributed by atoms with E-state index in [-0.39, 0.29) is 0 Å². The SMILES string of the molecule is CCC(C)CN(CC)CCCC(C)(N)C(N)=O. The fourth-order valence-corrected chi connectivity index (χ4v) is 1.74. The molecule has 0 saturated heterocycles. The molecule has 0 aliphatic rings. The third-order valence-corrected chi connectivity index (χ3v) is 3.45. The number of rotatable bonds is 9. The van der Waals surface area contributed by atoms with E-state index in [4.69, 9.17) is 11.5 Å². The van der Waals surface area contributed by atoms with Gasteiger partial charge in [0.25, 0.3) is 0 Å². The van der Waals surface area contributed by atoms with Crippen LogP contribution in [0.5, 0.6) is 0 Å². The molecule has 0 fully saturated rings. The van der Waals surface area contributed by atoms with Crippen molar-refractivity contribution in [1.82, 2.24) is 4.90 Å². The van der Waals surface area contributed by atoms with Crippen LogP contribution in [-0.4, -0.2) is 36.0 Å². The standard InChI is InChI=1S/C13H29N3O/c1-5-11(3)10-16(6-2)9-7-8-13(4,15)12(14)17/h11H,5-10,15H2,1-4H3,(H2,14,17). The molecule has 0 aromatic rings. The lowest BCUT2D eigenvalue weighted by molar-refractivity contribution is -0.122. The number of nitrogens with two attached hydrogens (primary N) is 2. The number of hydrogen-bond acceptors (Lipinski definition) is 3. The number of amides is 1. The Morgan fingerprint density at radius 1 is 1.41 bits per heavy atom. The summed E-state index contributed by atoms with van der Waals surface area (Å²) in [7, 11) is 0. The van der Waals surface area contributed by atoms with Gasteiger partial charge in [-0.2, -0.15) is 0 Å². The van der Waals surface area contributed by atoms with Gasteiger partial charge in [0.05, 0.1) is 5.54 Å². The summed E-state index contributed by atoms with van der Waals surface area (Å²) in [5, 5.41) is 0.